The molecule has 5 heteroatoms. The molecule has 1 aliphatic carbocycles. The molecule has 16 heavy (non-hydrogen) atoms. The minimum Gasteiger partial charge on any atom is -0.214 e. The van der Waals surface area contributed by atoms with Crippen LogP contribution in [0.25, 0.3) is 0 Å². The first-order valence-electron chi connectivity index (χ1n) is 5.92. The van der Waals surface area contributed by atoms with E-state index in [0.29, 0.717) is 12.4 Å². The average Bonchev–Trinajstić information content (AvgIpc) is 2.28. The van der Waals surface area contributed by atoms with Crippen molar-refractivity contribution in [2.45, 2.75) is 51.2 Å². The van der Waals surface area contributed by atoms with Crippen molar-refractivity contribution in [3.05, 3.63) is 0 Å². The van der Waals surface area contributed by atoms with Crippen LogP contribution in [-0.4, -0.2) is 26.1 Å². The highest BCUT2D eigenvalue weighted by molar-refractivity contribution is 7.90. The summed E-state index contributed by atoms with van der Waals surface area (Å²) in [6, 6.07) is 0. The molecule has 0 spiro atoms. The van der Waals surface area contributed by atoms with Crippen molar-refractivity contribution in [1.29, 1.82) is 0 Å². The number of nitrogens with one attached hydrogen (secondary N) is 1. The first-order chi connectivity index (χ1) is 7.37. The van der Waals surface area contributed by atoms with Crippen LogP contribution in [0.1, 0.15) is 46.0 Å². The lowest BCUT2D eigenvalue weighted by Crippen LogP contribution is -2.41. The van der Waals surface area contributed by atoms with Crippen molar-refractivity contribution in [2.75, 3.05) is 12.4 Å². The number of hydrogen-bond donors (Lipinski definition) is 1. The van der Waals surface area contributed by atoms with E-state index in [2.05, 4.69) is 4.72 Å². The van der Waals surface area contributed by atoms with Gasteiger partial charge in [-0.1, -0.05) is 33.1 Å². The zero-order valence-electron chi connectivity index (χ0n) is 10.1. The van der Waals surface area contributed by atoms with Gasteiger partial charge in [0.05, 0.1) is 5.25 Å². The third kappa shape index (κ3) is 4.22. The third-order valence-corrected chi connectivity index (χ3v) is 5.72. The van der Waals surface area contributed by atoms with Gasteiger partial charge in [0, 0.05) is 12.4 Å². The number of rotatable bonds is 5. The zero-order valence-corrected chi connectivity index (χ0v) is 11.7. The average molecular weight is 268 g/mol. The van der Waals surface area contributed by atoms with Crippen molar-refractivity contribution < 1.29 is 8.42 Å². The van der Waals surface area contributed by atoms with Crippen LogP contribution in [-0.2, 0) is 10.0 Å². The smallest absolute Gasteiger partial charge is 0.214 e. The normalized spacial score (nSPS) is 19.9. The number of hydrogen-bond acceptors (Lipinski definition) is 2. The molecule has 1 N–H and O–H groups in total. The highest BCUT2D eigenvalue weighted by Crippen LogP contribution is 2.24. The quantitative estimate of drug-likeness (QED) is 0.778. The Morgan fingerprint density at radius 1 is 1.25 bits per heavy atom. The van der Waals surface area contributed by atoms with Crippen LogP contribution in [0.5, 0.6) is 0 Å². The van der Waals surface area contributed by atoms with Crippen LogP contribution >= 0.6 is 11.6 Å². The predicted octanol–water partition coefficient (Wildman–Crippen LogP) is 2.50. The Kier molecular flexibility index (Phi) is 5.08. The van der Waals surface area contributed by atoms with Gasteiger partial charge in [-0.3, -0.25) is 0 Å². The molecule has 0 bridgehead atoms. The maximum absolute atomic E-state index is 12.0. The van der Waals surface area contributed by atoms with Gasteiger partial charge in [0.15, 0.2) is 0 Å². The zero-order chi connectivity index (χ0) is 12.2. The second-order valence-electron chi connectivity index (χ2n) is 5.42. The van der Waals surface area contributed by atoms with Crippen LogP contribution in [0.2, 0.25) is 0 Å². The maximum Gasteiger partial charge on any atom is 0.214 e. The summed E-state index contributed by atoms with van der Waals surface area (Å²) < 4.78 is 26.7. The minimum atomic E-state index is -3.14. The summed E-state index contributed by atoms with van der Waals surface area (Å²) in [5, 5.41) is -0.188. The van der Waals surface area contributed by atoms with Crippen molar-refractivity contribution in [1.82, 2.24) is 4.72 Å². The van der Waals surface area contributed by atoms with E-state index in [0.717, 1.165) is 25.7 Å². The van der Waals surface area contributed by atoms with E-state index in [-0.39, 0.29) is 10.7 Å². The molecule has 0 unspecified atom stereocenters. The van der Waals surface area contributed by atoms with Crippen LogP contribution in [0.15, 0.2) is 0 Å². The molecule has 1 saturated carbocycles. The van der Waals surface area contributed by atoms with E-state index in [1.165, 1.54) is 6.42 Å². The second kappa shape index (κ2) is 5.69. The maximum atomic E-state index is 12.0. The molecule has 0 saturated heterocycles. The molecule has 0 atom stereocenters. The molecule has 3 nitrogen and oxygen atoms in total. The predicted molar refractivity (Wildman–Crippen MR) is 68.3 cm³/mol. The fourth-order valence-corrected chi connectivity index (χ4v) is 3.71. The topological polar surface area (TPSA) is 46.2 Å². The highest BCUT2D eigenvalue weighted by Gasteiger charge is 2.28. The van der Waals surface area contributed by atoms with Gasteiger partial charge in [-0.15, -0.1) is 11.6 Å². The van der Waals surface area contributed by atoms with Crippen LogP contribution < -0.4 is 4.72 Å². The first kappa shape index (κ1) is 14.3. The SMILES string of the molecule is CC(C)(CCl)CNS(=O)(=O)C1CCCCC1. The van der Waals surface area contributed by atoms with Gasteiger partial charge >= 0.3 is 0 Å². The summed E-state index contributed by atoms with van der Waals surface area (Å²) in [7, 11) is -3.14. The summed E-state index contributed by atoms with van der Waals surface area (Å²) in [6.45, 7) is 4.35. The largest absolute Gasteiger partial charge is 0.214 e. The molecule has 96 valence electrons. The summed E-state index contributed by atoms with van der Waals surface area (Å²) in [4.78, 5) is 0. The van der Waals surface area contributed by atoms with Gasteiger partial charge < -0.3 is 0 Å². The molecule has 0 aliphatic heterocycles. The van der Waals surface area contributed by atoms with E-state index in [4.69, 9.17) is 11.6 Å². The molecule has 0 aromatic heterocycles. The molecule has 0 aromatic carbocycles. The highest BCUT2D eigenvalue weighted by atomic mass is 35.5. The van der Waals surface area contributed by atoms with Crippen LogP contribution in [0.4, 0.5) is 0 Å². The Labute approximate surface area is 104 Å². The van der Waals surface area contributed by atoms with Gasteiger partial charge in [0.2, 0.25) is 10.0 Å². The lowest BCUT2D eigenvalue weighted by atomic mass is 9.97. The lowest BCUT2D eigenvalue weighted by molar-refractivity contribution is 0.407. The Morgan fingerprint density at radius 3 is 2.31 bits per heavy atom. The Balaban J connectivity index is 2.51. The number of sulfonamides is 1. The first-order valence-corrected chi connectivity index (χ1v) is 8.00. The Hall–Kier alpha value is 0.200. The van der Waals surface area contributed by atoms with E-state index in [1.54, 1.807) is 0 Å². The summed E-state index contributed by atoms with van der Waals surface area (Å²) in [5.74, 6) is 0.459. The van der Waals surface area contributed by atoms with Gasteiger partial charge in [-0.25, -0.2) is 13.1 Å². The van der Waals surface area contributed by atoms with E-state index in [1.807, 2.05) is 13.8 Å². The van der Waals surface area contributed by atoms with Crippen molar-refractivity contribution in [3.8, 4) is 0 Å². The van der Waals surface area contributed by atoms with Crippen molar-refractivity contribution in [3.63, 3.8) is 0 Å². The van der Waals surface area contributed by atoms with Gasteiger partial charge in [0.1, 0.15) is 0 Å². The second-order valence-corrected chi connectivity index (χ2v) is 7.74. The summed E-state index contributed by atoms with van der Waals surface area (Å²) in [6.07, 6.45) is 4.83. The van der Waals surface area contributed by atoms with Gasteiger partial charge in [-0.05, 0) is 18.3 Å². The Morgan fingerprint density at radius 2 is 1.81 bits per heavy atom. The summed E-state index contributed by atoms with van der Waals surface area (Å²) >= 11 is 5.77. The molecule has 0 amide bonds. The molecule has 0 aromatic rings. The lowest BCUT2D eigenvalue weighted by Gasteiger charge is -2.26. The fraction of sp³-hybridized carbons (Fsp3) is 1.00. The molecule has 1 aliphatic rings. The van der Waals surface area contributed by atoms with Crippen LogP contribution in [0, 0.1) is 5.41 Å². The number of halogens is 1. The van der Waals surface area contributed by atoms with Crippen LogP contribution in [0.3, 0.4) is 0 Å². The molecule has 0 radical (unpaired) electrons. The standard InChI is InChI=1S/C11H22ClNO2S/c1-11(2,8-12)9-13-16(14,15)10-6-4-3-5-7-10/h10,13H,3-9H2,1-2H3. The van der Waals surface area contributed by atoms with Gasteiger partial charge in [0.25, 0.3) is 0 Å². The van der Waals surface area contributed by atoms with E-state index >= 15 is 0 Å². The fourth-order valence-electron chi connectivity index (χ4n) is 1.84. The van der Waals surface area contributed by atoms with Gasteiger partial charge in [-0.2, -0.15) is 0 Å². The molecule has 1 fully saturated rings. The van der Waals surface area contributed by atoms with Crippen molar-refractivity contribution >= 4 is 21.6 Å². The monoisotopic (exact) mass is 267 g/mol. The van der Waals surface area contributed by atoms with E-state index in [9.17, 15) is 8.42 Å². The third-order valence-electron chi connectivity index (χ3n) is 3.10. The number of alkyl halides is 1. The van der Waals surface area contributed by atoms with E-state index < -0.39 is 10.0 Å². The summed E-state index contributed by atoms with van der Waals surface area (Å²) in [5.41, 5.74) is -0.177. The molecular formula is C11H22ClNO2S. The Bertz CT molecular complexity index is 308. The molecular weight excluding hydrogens is 246 g/mol. The minimum absolute atomic E-state index is 0.177. The van der Waals surface area contributed by atoms with Crippen molar-refractivity contribution in [2.24, 2.45) is 5.41 Å². The molecule has 0 heterocycles. The molecule has 1 rings (SSSR count).